The number of anilines is 1. The maximum absolute atomic E-state index is 12.4. The van der Waals surface area contributed by atoms with Crippen molar-refractivity contribution in [2.45, 2.75) is 27.2 Å². The number of nitrogens with zero attached hydrogens (tertiary/aromatic N) is 2. The Labute approximate surface area is 163 Å². The largest absolute Gasteiger partial charge is 0.497 e. The molecule has 0 unspecified atom stereocenters. The Balaban J connectivity index is 1.76. The molecule has 0 spiro atoms. The highest BCUT2D eigenvalue weighted by Crippen LogP contribution is 2.33. The van der Waals surface area contributed by atoms with E-state index < -0.39 is 0 Å². The zero-order valence-corrected chi connectivity index (χ0v) is 16.6. The van der Waals surface area contributed by atoms with Crippen LogP contribution in [0, 0.1) is 20.8 Å². The van der Waals surface area contributed by atoms with E-state index in [0.29, 0.717) is 17.1 Å². The normalized spacial score (nSPS) is 10.6. The fraction of sp³-hybridized carbons (Fsp3) is 0.286. The third-order valence-electron chi connectivity index (χ3n) is 4.49. The summed E-state index contributed by atoms with van der Waals surface area (Å²) in [5, 5.41) is 10.6. The monoisotopic (exact) mass is 381 g/mol. The number of nitrogens with one attached hydrogen (secondary N) is 1. The van der Waals surface area contributed by atoms with Gasteiger partial charge in [0.2, 0.25) is 5.91 Å². The molecule has 0 fully saturated rings. The number of benzene rings is 2. The SMILES string of the molecule is COc1ccc(-c2nnc(NC(=O)Cc3c(C)cc(C)cc3C)o2)c(OC)c1. The Bertz CT molecular complexity index is 988. The molecule has 28 heavy (non-hydrogen) atoms. The molecule has 1 aromatic heterocycles. The summed E-state index contributed by atoms with van der Waals surface area (Å²) in [5.74, 6) is 1.22. The van der Waals surface area contributed by atoms with Crippen molar-refractivity contribution in [3.8, 4) is 23.0 Å². The molecule has 7 nitrogen and oxygen atoms in total. The number of carbonyl (C=O) groups excluding carboxylic acids is 1. The molecule has 7 heteroatoms. The Morgan fingerprint density at radius 1 is 1.04 bits per heavy atom. The number of rotatable bonds is 6. The van der Waals surface area contributed by atoms with E-state index in [2.05, 4.69) is 27.6 Å². The molecule has 1 amide bonds. The molecule has 0 saturated carbocycles. The number of ether oxygens (including phenoxy) is 2. The lowest BCUT2D eigenvalue weighted by Crippen LogP contribution is -2.16. The van der Waals surface area contributed by atoms with Gasteiger partial charge in [-0.1, -0.05) is 22.8 Å². The van der Waals surface area contributed by atoms with E-state index >= 15 is 0 Å². The van der Waals surface area contributed by atoms with Crippen LogP contribution in [0.2, 0.25) is 0 Å². The van der Waals surface area contributed by atoms with Crippen molar-refractivity contribution in [2.75, 3.05) is 19.5 Å². The van der Waals surface area contributed by atoms with E-state index in [-0.39, 0.29) is 24.2 Å². The molecule has 0 atom stereocenters. The molecule has 0 bridgehead atoms. The highest BCUT2D eigenvalue weighted by Gasteiger charge is 2.17. The summed E-state index contributed by atoms with van der Waals surface area (Å²) in [4.78, 5) is 12.4. The van der Waals surface area contributed by atoms with Gasteiger partial charge in [-0.25, -0.2) is 0 Å². The Morgan fingerprint density at radius 3 is 2.39 bits per heavy atom. The summed E-state index contributed by atoms with van der Waals surface area (Å²) in [7, 11) is 3.12. The summed E-state index contributed by atoms with van der Waals surface area (Å²) in [5.41, 5.74) is 4.96. The van der Waals surface area contributed by atoms with Gasteiger partial charge < -0.3 is 13.9 Å². The maximum atomic E-state index is 12.4. The van der Waals surface area contributed by atoms with Gasteiger partial charge >= 0.3 is 6.01 Å². The first-order valence-corrected chi connectivity index (χ1v) is 8.83. The van der Waals surface area contributed by atoms with Crippen molar-refractivity contribution in [3.05, 3.63) is 52.6 Å². The van der Waals surface area contributed by atoms with Gasteiger partial charge in [0, 0.05) is 6.07 Å². The van der Waals surface area contributed by atoms with Crippen molar-refractivity contribution >= 4 is 11.9 Å². The molecule has 0 saturated heterocycles. The van der Waals surface area contributed by atoms with Gasteiger partial charge in [-0.3, -0.25) is 10.1 Å². The van der Waals surface area contributed by atoms with E-state index in [1.165, 1.54) is 5.56 Å². The van der Waals surface area contributed by atoms with Gasteiger partial charge in [0.05, 0.1) is 26.2 Å². The minimum Gasteiger partial charge on any atom is -0.497 e. The molecule has 0 radical (unpaired) electrons. The first kappa shape index (κ1) is 19.4. The minimum atomic E-state index is -0.216. The van der Waals surface area contributed by atoms with Crippen LogP contribution in [0.3, 0.4) is 0 Å². The highest BCUT2D eigenvalue weighted by molar-refractivity contribution is 5.90. The van der Waals surface area contributed by atoms with Crippen LogP contribution in [0.1, 0.15) is 22.3 Å². The Hall–Kier alpha value is -3.35. The highest BCUT2D eigenvalue weighted by atomic mass is 16.5. The van der Waals surface area contributed by atoms with Crippen LogP contribution in [0.25, 0.3) is 11.5 Å². The molecule has 3 aromatic rings. The summed E-state index contributed by atoms with van der Waals surface area (Å²) in [6.07, 6.45) is 0.238. The van der Waals surface area contributed by atoms with Crippen molar-refractivity contribution in [1.82, 2.24) is 10.2 Å². The van der Waals surface area contributed by atoms with Gasteiger partial charge in [0.25, 0.3) is 5.89 Å². The number of methoxy groups -OCH3 is 2. The molecule has 146 valence electrons. The predicted octanol–water partition coefficient (Wildman–Crippen LogP) is 3.86. The molecule has 0 aliphatic carbocycles. The second-order valence-electron chi connectivity index (χ2n) is 6.58. The van der Waals surface area contributed by atoms with Crippen molar-refractivity contribution in [2.24, 2.45) is 0 Å². The van der Waals surface area contributed by atoms with E-state index in [4.69, 9.17) is 13.9 Å². The standard InChI is InChI=1S/C21H23N3O4/c1-12-8-13(2)17(14(3)9-12)11-19(25)22-21-24-23-20(28-21)16-7-6-15(26-4)10-18(16)27-5/h6-10H,11H2,1-5H3,(H,22,24,25). The van der Waals surface area contributed by atoms with E-state index in [1.54, 1.807) is 32.4 Å². The molecule has 3 rings (SSSR count). The zero-order valence-electron chi connectivity index (χ0n) is 16.6. The van der Waals surface area contributed by atoms with E-state index in [9.17, 15) is 4.79 Å². The summed E-state index contributed by atoms with van der Waals surface area (Å²) in [6.45, 7) is 6.05. The van der Waals surface area contributed by atoms with Crippen LogP contribution >= 0.6 is 0 Å². The summed E-state index contributed by atoms with van der Waals surface area (Å²) in [6, 6.07) is 9.42. The number of amides is 1. The summed E-state index contributed by atoms with van der Waals surface area (Å²) < 4.78 is 16.1. The summed E-state index contributed by atoms with van der Waals surface area (Å²) >= 11 is 0. The first-order chi connectivity index (χ1) is 13.4. The number of hydrogen-bond acceptors (Lipinski definition) is 6. The quantitative estimate of drug-likeness (QED) is 0.698. The molecule has 1 N–H and O–H groups in total. The van der Waals surface area contributed by atoms with Crippen LogP contribution in [-0.4, -0.2) is 30.3 Å². The van der Waals surface area contributed by atoms with Crippen LogP contribution < -0.4 is 14.8 Å². The third kappa shape index (κ3) is 4.14. The topological polar surface area (TPSA) is 86.5 Å². The second kappa shape index (κ2) is 8.12. The van der Waals surface area contributed by atoms with Crippen molar-refractivity contribution in [1.29, 1.82) is 0 Å². The lowest BCUT2D eigenvalue weighted by Gasteiger charge is -2.10. The lowest BCUT2D eigenvalue weighted by molar-refractivity contribution is -0.115. The lowest BCUT2D eigenvalue weighted by atomic mass is 9.97. The van der Waals surface area contributed by atoms with Crippen LogP contribution in [0.15, 0.2) is 34.7 Å². The van der Waals surface area contributed by atoms with Gasteiger partial charge in [0.15, 0.2) is 0 Å². The fourth-order valence-corrected chi connectivity index (χ4v) is 3.17. The average Bonchev–Trinajstić information content (AvgIpc) is 3.12. The zero-order chi connectivity index (χ0) is 20.3. The number of hydrogen-bond donors (Lipinski definition) is 1. The van der Waals surface area contributed by atoms with Gasteiger partial charge in [0.1, 0.15) is 11.5 Å². The number of aromatic nitrogens is 2. The molecular weight excluding hydrogens is 358 g/mol. The molecule has 2 aromatic carbocycles. The smallest absolute Gasteiger partial charge is 0.322 e. The number of carbonyl (C=O) groups is 1. The molecule has 1 heterocycles. The Kier molecular flexibility index (Phi) is 5.63. The third-order valence-corrected chi connectivity index (χ3v) is 4.49. The predicted molar refractivity (Wildman–Crippen MR) is 106 cm³/mol. The minimum absolute atomic E-state index is 0.0419. The first-order valence-electron chi connectivity index (χ1n) is 8.83. The second-order valence-corrected chi connectivity index (χ2v) is 6.58. The molecule has 0 aliphatic rings. The maximum Gasteiger partial charge on any atom is 0.322 e. The number of aryl methyl sites for hydroxylation is 3. The van der Waals surface area contributed by atoms with E-state index in [0.717, 1.165) is 16.7 Å². The van der Waals surface area contributed by atoms with E-state index in [1.807, 2.05) is 20.8 Å². The van der Waals surface area contributed by atoms with Crippen molar-refractivity contribution in [3.63, 3.8) is 0 Å². The van der Waals surface area contributed by atoms with Crippen LogP contribution in [0.4, 0.5) is 6.01 Å². The fourth-order valence-electron chi connectivity index (χ4n) is 3.17. The van der Waals surface area contributed by atoms with Gasteiger partial charge in [-0.05, 0) is 49.6 Å². The van der Waals surface area contributed by atoms with Crippen LogP contribution in [-0.2, 0) is 11.2 Å². The van der Waals surface area contributed by atoms with Gasteiger partial charge in [-0.2, -0.15) is 0 Å². The van der Waals surface area contributed by atoms with Crippen molar-refractivity contribution < 1.29 is 18.7 Å². The van der Waals surface area contributed by atoms with Gasteiger partial charge in [-0.15, -0.1) is 5.10 Å². The average molecular weight is 381 g/mol. The van der Waals surface area contributed by atoms with Crippen LogP contribution in [0.5, 0.6) is 11.5 Å². The Morgan fingerprint density at radius 2 is 1.75 bits per heavy atom. The molecule has 0 aliphatic heterocycles. The molecular formula is C21H23N3O4.